The molecular formula is C10H18N2O2. The van der Waals surface area contributed by atoms with Crippen LogP contribution in [0.5, 0.6) is 0 Å². The molecule has 1 amide bonds. The third kappa shape index (κ3) is 1.77. The third-order valence-electron chi connectivity index (χ3n) is 3.23. The van der Waals surface area contributed by atoms with Gasteiger partial charge in [0.05, 0.1) is 0 Å². The van der Waals surface area contributed by atoms with Crippen molar-refractivity contribution in [2.75, 3.05) is 39.9 Å². The predicted molar refractivity (Wildman–Crippen MR) is 53.0 cm³/mol. The Kier molecular flexibility index (Phi) is 2.74. The first kappa shape index (κ1) is 9.93. The molecule has 1 spiro atoms. The highest BCUT2D eigenvalue weighted by Gasteiger charge is 2.45. The maximum Gasteiger partial charge on any atom is 0.248 e. The maximum absolute atomic E-state index is 11.4. The van der Waals surface area contributed by atoms with Crippen LogP contribution >= 0.6 is 0 Å². The van der Waals surface area contributed by atoms with Gasteiger partial charge in [-0.25, -0.2) is 0 Å². The summed E-state index contributed by atoms with van der Waals surface area (Å²) in [6, 6.07) is 0. The minimum absolute atomic E-state index is 0.128. The number of rotatable bonds is 2. The van der Waals surface area contributed by atoms with Crippen LogP contribution in [0.4, 0.5) is 0 Å². The molecule has 2 aliphatic heterocycles. The minimum atomic E-state index is 0.128. The van der Waals surface area contributed by atoms with Crippen LogP contribution in [0.1, 0.15) is 12.8 Å². The van der Waals surface area contributed by atoms with E-state index in [2.05, 4.69) is 5.32 Å². The number of hydrogen-bond donors (Lipinski definition) is 1. The van der Waals surface area contributed by atoms with Gasteiger partial charge < -0.3 is 15.0 Å². The highest BCUT2D eigenvalue weighted by molar-refractivity contribution is 5.78. The number of likely N-dealkylation sites (tertiary alicyclic amines) is 1. The van der Waals surface area contributed by atoms with E-state index in [4.69, 9.17) is 4.74 Å². The van der Waals surface area contributed by atoms with Crippen molar-refractivity contribution in [2.45, 2.75) is 12.8 Å². The minimum Gasteiger partial charge on any atom is -0.375 e. The van der Waals surface area contributed by atoms with Crippen molar-refractivity contribution in [3.63, 3.8) is 0 Å². The van der Waals surface area contributed by atoms with E-state index in [0.29, 0.717) is 5.41 Å². The monoisotopic (exact) mass is 198 g/mol. The number of carbonyl (C=O) groups excluding carboxylic acids is 1. The van der Waals surface area contributed by atoms with Crippen molar-refractivity contribution in [1.82, 2.24) is 10.2 Å². The third-order valence-corrected chi connectivity index (χ3v) is 3.23. The Bertz CT molecular complexity index is 216. The van der Waals surface area contributed by atoms with Gasteiger partial charge >= 0.3 is 0 Å². The lowest BCUT2D eigenvalue weighted by Gasteiger charge is -2.52. The summed E-state index contributed by atoms with van der Waals surface area (Å²) in [5.41, 5.74) is 0.391. The number of nitrogens with zero attached hydrogens (tertiary/aromatic N) is 1. The lowest BCUT2D eigenvalue weighted by Crippen LogP contribution is -2.64. The summed E-state index contributed by atoms with van der Waals surface area (Å²) in [4.78, 5) is 13.3. The van der Waals surface area contributed by atoms with E-state index < -0.39 is 0 Å². The number of ether oxygens (including phenoxy) is 1. The van der Waals surface area contributed by atoms with Gasteiger partial charge in [0.1, 0.15) is 6.61 Å². The van der Waals surface area contributed by atoms with Crippen LogP contribution in [0.15, 0.2) is 0 Å². The van der Waals surface area contributed by atoms with Crippen LogP contribution in [0.25, 0.3) is 0 Å². The van der Waals surface area contributed by atoms with Crippen LogP contribution in [-0.2, 0) is 9.53 Å². The molecule has 0 aliphatic carbocycles. The molecule has 0 bridgehead atoms. The van der Waals surface area contributed by atoms with Crippen molar-refractivity contribution in [3.05, 3.63) is 0 Å². The van der Waals surface area contributed by atoms with E-state index in [-0.39, 0.29) is 12.5 Å². The zero-order valence-electron chi connectivity index (χ0n) is 8.71. The van der Waals surface area contributed by atoms with E-state index in [1.165, 1.54) is 12.8 Å². The molecule has 0 atom stereocenters. The second-order valence-electron chi connectivity index (χ2n) is 4.46. The molecule has 0 saturated carbocycles. The Morgan fingerprint density at radius 3 is 2.93 bits per heavy atom. The van der Waals surface area contributed by atoms with Gasteiger partial charge in [-0.2, -0.15) is 0 Å². The molecular weight excluding hydrogens is 180 g/mol. The molecule has 2 saturated heterocycles. The molecule has 2 fully saturated rings. The van der Waals surface area contributed by atoms with E-state index in [0.717, 1.165) is 26.2 Å². The number of piperidine rings is 1. The summed E-state index contributed by atoms with van der Waals surface area (Å²) >= 11 is 0. The van der Waals surface area contributed by atoms with Crippen molar-refractivity contribution < 1.29 is 9.53 Å². The van der Waals surface area contributed by atoms with Crippen LogP contribution in [0.3, 0.4) is 0 Å². The van der Waals surface area contributed by atoms with Crippen LogP contribution < -0.4 is 5.32 Å². The average molecular weight is 198 g/mol. The Hall–Kier alpha value is -0.610. The molecule has 80 valence electrons. The second kappa shape index (κ2) is 3.87. The number of methoxy groups -OCH3 is 1. The van der Waals surface area contributed by atoms with Gasteiger partial charge in [0.2, 0.25) is 5.91 Å². The fourth-order valence-corrected chi connectivity index (χ4v) is 2.45. The quantitative estimate of drug-likeness (QED) is 0.670. The molecule has 2 aliphatic rings. The Balaban J connectivity index is 1.79. The first-order valence-corrected chi connectivity index (χ1v) is 5.23. The Labute approximate surface area is 84.6 Å². The van der Waals surface area contributed by atoms with Gasteiger partial charge in [-0.1, -0.05) is 0 Å². The summed E-state index contributed by atoms with van der Waals surface area (Å²) in [6.45, 7) is 4.27. The normalized spacial score (nSPS) is 24.8. The number of nitrogens with one attached hydrogen (secondary N) is 1. The molecule has 0 unspecified atom stereocenters. The molecule has 4 nitrogen and oxygen atoms in total. The number of amides is 1. The second-order valence-corrected chi connectivity index (χ2v) is 4.46. The zero-order valence-corrected chi connectivity index (χ0v) is 8.71. The molecule has 0 aromatic carbocycles. The summed E-state index contributed by atoms with van der Waals surface area (Å²) in [7, 11) is 1.57. The average Bonchev–Trinajstić information content (AvgIpc) is 2.16. The maximum atomic E-state index is 11.4. The summed E-state index contributed by atoms with van der Waals surface area (Å²) < 4.78 is 4.83. The number of carbonyl (C=O) groups is 1. The topological polar surface area (TPSA) is 41.6 Å². The van der Waals surface area contributed by atoms with Crippen molar-refractivity contribution in [3.8, 4) is 0 Å². The summed E-state index contributed by atoms with van der Waals surface area (Å²) in [5.74, 6) is 0.128. The van der Waals surface area contributed by atoms with Crippen molar-refractivity contribution in [1.29, 1.82) is 0 Å². The van der Waals surface area contributed by atoms with Crippen molar-refractivity contribution in [2.24, 2.45) is 5.41 Å². The molecule has 0 radical (unpaired) electrons. The molecule has 2 heterocycles. The first-order valence-electron chi connectivity index (χ1n) is 5.23. The molecule has 0 aromatic rings. The Morgan fingerprint density at radius 2 is 2.36 bits per heavy atom. The van der Waals surface area contributed by atoms with Gasteiger partial charge in [0.15, 0.2) is 0 Å². The van der Waals surface area contributed by atoms with Gasteiger partial charge in [-0.3, -0.25) is 4.79 Å². The van der Waals surface area contributed by atoms with Gasteiger partial charge in [-0.15, -0.1) is 0 Å². The van der Waals surface area contributed by atoms with Gasteiger partial charge in [0.25, 0.3) is 0 Å². The highest BCUT2D eigenvalue weighted by atomic mass is 16.5. The van der Waals surface area contributed by atoms with E-state index in [1.54, 1.807) is 7.11 Å². The standard InChI is InChI=1S/C10H18N2O2/c1-14-5-9(13)12-7-10(8-12)3-2-4-11-6-10/h11H,2-8H2,1H3. The SMILES string of the molecule is COCC(=O)N1CC2(CCCNC2)C1. The molecule has 4 heteroatoms. The molecule has 0 aromatic heterocycles. The smallest absolute Gasteiger partial charge is 0.248 e. The van der Waals surface area contributed by atoms with Crippen LogP contribution in [0.2, 0.25) is 0 Å². The van der Waals surface area contributed by atoms with Crippen LogP contribution in [-0.4, -0.2) is 50.7 Å². The zero-order chi connectivity index (χ0) is 10.0. The Morgan fingerprint density at radius 1 is 1.57 bits per heavy atom. The molecule has 1 N–H and O–H groups in total. The lowest BCUT2D eigenvalue weighted by molar-refractivity contribution is -0.148. The largest absolute Gasteiger partial charge is 0.375 e. The fourth-order valence-electron chi connectivity index (χ4n) is 2.45. The summed E-state index contributed by atoms with van der Waals surface area (Å²) in [5, 5.41) is 3.40. The van der Waals surface area contributed by atoms with Gasteiger partial charge in [-0.05, 0) is 19.4 Å². The molecule has 14 heavy (non-hydrogen) atoms. The van der Waals surface area contributed by atoms with Gasteiger partial charge in [0, 0.05) is 32.2 Å². The van der Waals surface area contributed by atoms with E-state index in [1.807, 2.05) is 4.90 Å². The molecule has 2 rings (SSSR count). The fraction of sp³-hybridized carbons (Fsp3) is 0.900. The lowest BCUT2D eigenvalue weighted by atomic mass is 9.74. The predicted octanol–water partition coefficient (Wildman–Crippen LogP) is -0.155. The van der Waals surface area contributed by atoms with E-state index in [9.17, 15) is 4.79 Å². The van der Waals surface area contributed by atoms with Crippen LogP contribution in [0, 0.1) is 5.41 Å². The van der Waals surface area contributed by atoms with E-state index >= 15 is 0 Å². The first-order chi connectivity index (χ1) is 6.76. The highest BCUT2D eigenvalue weighted by Crippen LogP contribution is 2.36. The summed E-state index contributed by atoms with van der Waals surface area (Å²) in [6.07, 6.45) is 2.50. The van der Waals surface area contributed by atoms with Crippen molar-refractivity contribution >= 4 is 5.91 Å². The number of hydrogen-bond acceptors (Lipinski definition) is 3.